The summed E-state index contributed by atoms with van der Waals surface area (Å²) in [5.41, 5.74) is 3.69. The number of rotatable bonds is 4. The van der Waals surface area contributed by atoms with Gasteiger partial charge in [0.15, 0.2) is 11.5 Å². The third-order valence-corrected chi connectivity index (χ3v) is 4.88. The molecule has 0 aromatic carbocycles. The second kappa shape index (κ2) is 6.93. The molecule has 0 saturated carbocycles. The van der Waals surface area contributed by atoms with Gasteiger partial charge < -0.3 is 15.5 Å². The fourth-order valence-electron chi connectivity index (χ4n) is 3.47. The van der Waals surface area contributed by atoms with Crippen LogP contribution in [0.25, 0.3) is 16.9 Å². The average Bonchev–Trinajstić information content (AvgIpc) is 3.35. The van der Waals surface area contributed by atoms with Crippen molar-refractivity contribution in [3.05, 3.63) is 49.3 Å². The molecule has 4 aromatic rings. The summed E-state index contributed by atoms with van der Waals surface area (Å²) >= 11 is 0. The van der Waals surface area contributed by atoms with Gasteiger partial charge in [0.05, 0.1) is 18.1 Å². The maximum Gasteiger partial charge on any atom is 0.180 e. The van der Waals surface area contributed by atoms with E-state index >= 15 is 0 Å². The lowest BCUT2D eigenvalue weighted by Gasteiger charge is -2.28. The van der Waals surface area contributed by atoms with Crippen molar-refractivity contribution in [1.29, 1.82) is 0 Å². The maximum absolute atomic E-state index is 4.58. The summed E-state index contributed by atoms with van der Waals surface area (Å²) in [5, 5.41) is 11.0. The minimum absolute atomic E-state index is 0.704. The SMILES string of the molecule is Cn1cc(-c2cnc3c(Nc4ccnc(N5CCNCC5)c4)nccn23)cn1. The summed E-state index contributed by atoms with van der Waals surface area (Å²) < 4.78 is 3.80. The summed E-state index contributed by atoms with van der Waals surface area (Å²) in [6.45, 7) is 3.87. The number of anilines is 3. The smallest absolute Gasteiger partial charge is 0.180 e. The lowest BCUT2D eigenvalue weighted by atomic mass is 10.3. The molecule has 0 unspecified atom stereocenters. The Kier molecular flexibility index (Phi) is 4.13. The Morgan fingerprint density at radius 1 is 1.07 bits per heavy atom. The first-order chi connectivity index (χ1) is 13.8. The molecular formula is C19H21N9. The molecule has 0 amide bonds. The summed E-state index contributed by atoms with van der Waals surface area (Å²) in [6.07, 6.45) is 11.2. The van der Waals surface area contributed by atoms with Crippen LogP contribution in [-0.4, -0.2) is 55.3 Å². The number of aromatic nitrogens is 6. The van der Waals surface area contributed by atoms with Crippen LogP contribution >= 0.6 is 0 Å². The van der Waals surface area contributed by atoms with E-state index in [1.54, 1.807) is 10.9 Å². The Morgan fingerprint density at radius 3 is 2.79 bits per heavy atom. The molecule has 4 aromatic heterocycles. The van der Waals surface area contributed by atoms with E-state index in [2.05, 4.69) is 41.7 Å². The minimum Gasteiger partial charge on any atom is -0.354 e. The molecule has 28 heavy (non-hydrogen) atoms. The summed E-state index contributed by atoms with van der Waals surface area (Å²) in [4.78, 5) is 15.9. The van der Waals surface area contributed by atoms with Crippen LogP contribution in [-0.2, 0) is 7.05 Å². The molecule has 0 bridgehead atoms. The number of aryl methyl sites for hydroxylation is 1. The molecule has 5 rings (SSSR count). The highest BCUT2D eigenvalue weighted by molar-refractivity contribution is 5.74. The Morgan fingerprint density at radius 2 is 1.96 bits per heavy atom. The number of imidazole rings is 1. The molecule has 0 aliphatic carbocycles. The van der Waals surface area contributed by atoms with E-state index in [1.807, 2.05) is 48.5 Å². The Balaban J connectivity index is 1.46. The quantitative estimate of drug-likeness (QED) is 0.561. The van der Waals surface area contributed by atoms with Crippen molar-refractivity contribution in [1.82, 2.24) is 34.4 Å². The van der Waals surface area contributed by atoms with Crippen molar-refractivity contribution in [2.75, 3.05) is 36.4 Å². The van der Waals surface area contributed by atoms with Gasteiger partial charge in [0, 0.05) is 75.3 Å². The summed E-state index contributed by atoms with van der Waals surface area (Å²) in [5.74, 6) is 1.67. The van der Waals surface area contributed by atoms with Crippen LogP contribution in [0, 0.1) is 0 Å². The Labute approximate surface area is 162 Å². The highest BCUT2D eigenvalue weighted by atomic mass is 15.2. The van der Waals surface area contributed by atoms with Crippen molar-refractivity contribution in [2.24, 2.45) is 7.05 Å². The number of nitrogens with zero attached hydrogens (tertiary/aromatic N) is 7. The lowest BCUT2D eigenvalue weighted by molar-refractivity contribution is 0.585. The van der Waals surface area contributed by atoms with Gasteiger partial charge in [-0.15, -0.1) is 0 Å². The topological polar surface area (TPSA) is 88.2 Å². The Hall–Kier alpha value is -3.46. The number of piperazine rings is 1. The number of nitrogens with one attached hydrogen (secondary N) is 2. The lowest BCUT2D eigenvalue weighted by Crippen LogP contribution is -2.43. The zero-order valence-corrected chi connectivity index (χ0v) is 15.6. The van der Waals surface area contributed by atoms with E-state index in [1.165, 1.54) is 0 Å². The zero-order chi connectivity index (χ0) is 18.9. The van der Waals surface area contributed by atoms with Gasteiger partial charge in [-0.3, -0.25) is 9.08 Å². The highest BCUT2D eigenvalue weighted by Crippen LogP contribution is 2.26. The van der Waals surface area contributed by atoms with E-state index in [-0.39, 0.29) is 0 Å². The largest absolute Gasteiger partial charge is 0.354 e. The fourth-order valence-corrected chi connectivity index (χ4v) is 3.47. The van der Waals surface area contributed by atoms with E-state index in [0.717, 1.165) is 54.6 Å². The monoisotopic (exact) mass is 375 g/mol. The molecular weight excluding hydrogens is 354 g/mol. The summed E-state index contributed by atoms with van der Waals surface area (Å²) in [6, 6.07) is 4.00. The normalized spacial score (nSPS) is 14.5. The first kappa shape index (κ1) is 16.7. The molecule has 5 heterocycles. The number of hydrogen-bond donors (Lipinski definition) is 2. The van der Waals surface area contributed by atoms with E-state index in [9.17, 15) is 0 Å². The zero-order valence-electron chi connectivity index (χ0n) is 15.6. The predicted octanol–water partition coefficient (Wildman–Crippen LogP) is 1.68. The van der Waals surface area contributed by atoms with Gasteiger partial charge in [0.2, 0.25) is 0 Å². The van der Waals surface area contributed by atoms with Crippen LogP contribution in [0.5, 0.6) is 0 Å². The molecule has 1 fully saturated rings. The molecule has 1 saturated heterocycles. The van der Waals surface area contributed by atoms with Crippen molar-refractivity contribution in [2.45, 2.75) is 0 Å². The van der Waals surface area contributed by atoms with Crippen LogP contribution in [0.1, 0.15) is 0 Å². The molecule has 142 valence electrons. The van der Waals surface area contributed by atoms with Crippen LogP contribution in [0.3, 0.4) is 0 Å². The molecule has 1 aliphatic rings. The molecule has 9 nitrogen and oxygen atoms in total. The second-order valence-corrected chi connectivity index (χ2v) is 6.78. The highest BCUT2D eigenvalue weighted by Gasteiger charge is 2.14. The molecule has 0 atom stereocenters. The standard InChI is InChI=1S/C19H21N9/c1-26-13-14(11-24-26)16-12-23-19-18(22-6-9-28(16)19)25-15-2-3-21-17(10-15)27-7-4-20-5-8-27/h2-3,6,9-13,20H,4-5,7-8H2,1H3,(H,21,22,25). The van der Waals surface area contributed by atoms with Crippen LogP contribution in [0.15, 0.2) is 49.3 Å². The molecule has 0 radical (unpaired) electrons. The van der Waals surface area contributed by atoms with Crippen LogP contribution in [0.4, 0.5) is 17.3 Å². The first-order valence-corrected chi connectivity index (χ1v) is 9.28. The number of fused-ring (bicyclic) bond motifs is 1. The van der Waals surface area contributed by atoms with Gasteiger partial charge in [0.1, 0.15) is 5.82 Å². The molecule has 2 N–H and O–H groups in total. The van der Waals surface area contributed by atoms with Crippen LogP contribution < -0.4 is 15.5 Å². The van der Waals surface area contributed by atoms with Gasteiger partial charge in [-0.25, -0.2) is 15.0 Å². The van der Waals surface area contributed by atoms with Crippen molar-refractivity contribution >= 4 is 23.0 Å². The maximum atomic E-state index is 4.58. The number of pyridine rings is 1. The molecule has 1 aliphatic heterocycles. The van der Waals surface area contributed by atoms with Crippen molar-refractivity contribution in [3.63, 3.8) is 0 Å². The predicted molar refractivity (Wildman–Crippen MR) is 108 cm³/mol. The third kappa shape index (κ3) is 3.05. The van der Waals surface area contributed by atoms with Gasteiger partial charge in [-0.05, 0) is 6.07 Å². The van der Waals surface area contributed by atoms with E-state index in [0.29, 0.717) is 5.82 Å². The van der Waals surface area contributed by atoms with Crippen molar-refractivity contribution < 1.29 is 0 Å². The van der Waals surface area contributed by atoms with Gasteiger partial charge in [0.25, 0.3) is 0 Å². The second-order valence-electron chi connectivity index (χ2n) is 6.78. The van der Waals surface area contributed by atoms with E-state index < -0.39 is 0 Å². The van der Waals surface area contributed by atoms with E-state index in [4.69, 9.17) is 0 Å². The fraction of sp³-hybridized carbons (Fsp3) is 0.263. The summed E-state index contributed by atoms with van der Waals surface area (Å²) in [7, 11) is 1.90. The van der Waals surface area contributed by atoms with Gasteiger partial charge in [-0.2, -0.15) is 5.10 Å². The number of hydrogen-bond acceptors (Lipinski definition) is 7. The van der Waals surface area contributed by atoms with Gasteiger partial charge in [-0.1, -0.05) is 0 Å². The average molecular weight is 375 g/mol. The molecule has 9 heteroatoms. The van der Waals surface area contributed by atoms with Crippen LogP contribution in [0.2, 0.25) is 0 Å². The minimum atomic E-state index is 0.704. The first-order valence-electron chi connectivity index (χ1n) is 9.28. The third-order valence-electron chi connectivity index (χ3n) is 4.88. The Bertz CT molecular complexity index is 1110. The van der Waals surface area contributed by atoms with Crippen molar-refractivity contribution in [3.8, 4) is 11.3 Å². The molecule has 0 spiro atoms. The van der Waals surface area contributed by atoms with Gasteiger partial charge >= 0.3 is 0 Å².